The number of nitrogens with two attached hydrogens (primary N) is 1. The summed E-state index contributed by atoms with van der Waals surface area (Å²) in [7, 11) is 0. The summed E-state index contributed by atoms with van der Waals surface area (Å²) < 4.78 is 12.6. The summed E-state index contributed by atoms with van der Waals surface area (Å²) in [5.41, 5.74) is 6.73. The van der Waals surface area contributed by atoms with Crippen LogP contribution in [0.1, 0.15) is 6.92 Å². The number of hydrogen-bond donors (Lipinski definition) is 2. The Morgan fingerprint density at radius 1 is 1.58 bits per heavy atom. The number of benzene rings is 1. The van der Waals surface area contributed by atoms with Crippen LogP contribution < -0.4 is 11.1 Å². The van der Waals surface area contributed by atoms with Gasteiger partial charge in [0.15, 0.2) is 0 Å². The summed E-state index contributed by atoms with van der Waals surface area (Å²) in [5.74, 6) is -0.261. The Balaban J connectivity index is 2.70. The molecule has 0 unspecified atom stereocenters. The van der Waals surface area contributed by atoms with Crippen molar-refractivity contribution in [2.24, 2.45) is 5.73 Å². The molecule has 0 amide bonds. The minimum absolute atomic E-state index is 0.261. The molecule has 0 saturated heterocycles. The van der Waals surface area contributed by atoms with E-state index in [0.29, 0.717) is 11.4 Å². The van der Waals surface area contributed by atoms with Gasteiger partial charge in [-0.15, -0.1) is 0 Å². The third kappa shape index (κ3) is 2.62. The average molecular weight is 166 g/mol. The maximum Gasteiger partial charge on any atom is 0.125 e. The quantitative estimate of drug-likeness (QED) is 0.705. The van der Waals surface area contributed by atoms with Crippen molar-refractivity contribution in [2.75, 3.05) is 5.32 Å². The average Bonchev–Trinajstić information content (AvgIpc) is 2.01. The molecule has 0 bridgehead atoms. The van der Waals surface area contributed by atoms with Crippen molar-refractivity contribution < 1.29 is 4.39 Å². The zero-order chi connectivity index (χ0) is 8.97. The lowest BCUT2D eigenvalue weighted by atomic mass is 10.3. The van der Waals surface area contributed by atoms with Crippen LogP contribution in [-0.2, 0) is 0 Å². The first-order valence-electron chi connectivity index (χ1n) is 3.63. The molecule has 0 aromatic heterocycles. The molecule has 3 heteroatoms. The first-order valence-corrected chi connectivity index (χ1v) is 3.63. The predicted molar refractivity (Wildman–Crippen MR) is 48.0 cm³/mol. The van der Waals surface area contributed by atoms with Crippen molar-refractivity contribution in [2.45, 2.75) is 6.92 Å². The molecule has 0 spiro atoms. The molecular formula is C9H11FN2. The Labute approximate surface area is 70.9 Å². The molecule has 0 radical (unpaired) electrons. The first kappa shape index (κ1) is 8.59. The lowest BCUT2D eigenvalue weighted by Gasteiger charge is -2.00. The van der Waals surface area contributed by atoms with Crippen LogP contribution in [0.25, 0.3) is 0 Å². The van der Waals surface area contributed by atoms with E-state index in [9.17, 15) is 4.39 Å². The van der Waals surface area contributed by atoms with Crippen LogP contribution in [0.15, 0.2) is 36.2 Å². The molecule has 0 aliphatic rings. The van der Waals surface area contributed by atoms with Crippen LogP contribution in [0, 0.1) is 5.82 Å². The van der Waals surface area contributed by atoms with Gasteiger partial charge in [-0.1, -0.05) is 6.07 Å². The standard InChI is InChI=1S/C9H11FN2/c1-7(11)6-12-9-4-2-3-8(10)5-9/h2-6,12H,11H2,1H3/b7-6-. The Bertz CT molecular complexity index is 290. The predicted octanol–water partition coefficient (Wildman–Crippen LogP) is 2.06. The highest BCUT2D eigenvalue weighted by Crippen LogP contribution is 2.08. The van der Waals surface area contributed by atoms with Gasteiger partial charge in [0.25, 0.3) is 0 Å². The number of rotatable bonds is 2. The third-order valence-electron chi connectivity index (χ3n) is 1.29. The molecule has 0 heterocycles. The smallest absolute Gasteiger partial charge is 0.125 e. The van der Waals surface area contributed by atoms with Crippen LogP contribution in [0.3, 0.4) is 0 Å². The molecule has 2 nitrogen and oxygen atoms in total. The maximum absolute atomic E-state index is 12.6. The molecule has 1 aromatic carbocycles. The van der Waals surface area contributed by atoms with Crippen molar-refractivity contribution in [3.8, 4) is 0 Å². The second-order valence-electron chi connectivity index (χ2n) is 2.54. The van der Waals surface area contributed by atoms with Gasteiger partial charge >= 0.3 is 0 Å². The summed E-state index contributed by atoms with van der Waals surface area (Å²) >= 11 is 0. The van der Waals surface area contributed by atoms with Crippen LogP contribution in [0.4, 0.5) is 10.1 Å². The molecule has 0 saturated carbocycles. The molecule has 3 N–H and O–H groups in total. The van der Waals surface area contributed by atoms with Crippen LogP contribution in [0.5, 0.6) is 0 Å². The molecule has 0 atom stereocenters. The normalized spacial score (nSPS) is 11.3. The van der Waals surface area contributed by atoms with Crippen LogP contribution in [0.2, 0.25) is 0 Å². The number of allylic oxidation sites excluding steroid dienone is 1. The molecule has 0 fully saturated rings. The van der Waals surface area contributed by atoms with Gasteiger partial charge < -0.3 is 11.1 Å². The highest BCUT2D eigenvalue weighted by molar-refractivity contribution is 5.45. The molecule has 1 rings (SSSR count). The van der Waals surface area contributed by atoms with Crippen molar-refractivity contribution >= 4 is 5.69 Å². The highest BCUT2D eigenvalue weighted by atomic mass is 19.1. The fourth-order valence-corrected chi connectivity index (χ4v) is 0.775. The first-order chi connectivity index (χ1) is 5.68. The van der Waals surface area contributed by atoms with Crippen LogP contribution >= 0.6 is 0 Å². The summed E-state index contributed by atoms with van der Waals surface area (Å²) in [5, 5.41) is 2.86. The maximum atomic E-state index is 12.6. The topological polar surface area (TPSA) is 38.0 Å². The fourth-order valence-electron chi connectivity index (χ4n) is 0.775. The minimum Gasteiger partial charge on any atom is -0.401 e. The van der Waals surface area contributed by atoms with Gasteiger partial charge in [0.1, 0.15) is 5.82 Å². The number of anilines is 1. The van der Waals surface area contributed by atoms with E-state index in [1.165, 1.54) is 12.1 Å². The van der Waals surface area contributed by atoms with Crippen molar-refractivity contribution in [1.82, 2.24) is 0 Å². The molecule has 64 valence electrons. The van der Waals surface area contributed by atoms with Gasteiger partial charge in [-0.25, -0.2) is 4.39 Å². The van der Waals surface area contributed by atoms with E-state index in [2.05, 4.69) is 5.32 Å². The van der Waals surface area contributed by atoms with Crippen molar-refractivity contribution in [3.63, 3.8) is 0 Å². The summed E-state index contributed by atoms with van der Waals surface area (Å²) in [6.45, 7) is 1.76. The summed E-state index contributed by atoms with van der Waals surface area (Å²) in [6, 6.07) is 6.20. The molecule has 12 heavy (non-hydrogen) atoms. The Morgan fingerprint density at radius 2 is 2.33 bits per heavy atom. The van der Waals surface area contributed by atoms with E-state index < -0.39 is 0 Å². The van der Waals surface area contributed by atoms with E-state index >= 15 is 0 Å². The monoisotopic (exact) mass is 166 g/mol. The molecule has 0 aliphatic heterocycles. The Kier molecular flexibility index (Phi) is 2.69. The minimum atomic E-state index is -0.261. The van der Waals surface area contributed by atoms with E-state index in [-0.39, 0.29) is 5.82 Å². The van der Waals surface area contributed by atoms with Gasteiger partial charge in [0.2, 0.25) is 0 Å². The zero-order valence-corrected chi connectivity index (χ0v) is 6.84. The van der Waals surface area contributed by atoms with Gasteiger partial charge in [-0.3, -0.25) is 0 Å². The lowest BCUT2D eigenvalue weighted by Crippen LogP contribution is -1.96. The van der Waals surface area contributed by atoms with Gasteiger partial charge in [0.05, 0.1) is 0 Å². The van der Waals surface area contributed by atoms with E-state index in [0.717, 1.165) is 0 Å². The molecule has 0 aliphatic carbocycles. The summed E-state index contributed by atoms with van der Waals surface area (Å²) in [6.07, 6.45) is 1.62. The van der Waals surface area contributed by atoms with Gasteiger partial charge in [0, 0.05) is 17.6 Å². The van der Waals surface area contributed by atoms with E-state index in [1.807, 2.05) is 0 Å². The molecular weight excluding hydrogens is 155 g/mol. The van der Waals surface area contributed by atoms with E-state index in [1.54, 1.807) is 25.3 Å². The van der Waals surface area contributed by atoms with Gasteiger partial charge in [-0.2, -0.15) is 0 Å². The Morgan fingerprint density at radius 3 is 2.92 bits per heavy atom. The second kappa shape index (κ2) is 3.76. The SMILES string of the molecule is C/C(N)=C/Nc1cccc(F)c1. The zero-order valence-electron chi connectivity index (χ0n) is 6.84. The number of nitrogens with one attached hydrogen (secondary N) is 1. The largest absolute Gasteiger partial charge is 0.401 e. The van der Waals surface area contributed by atoms with E-state index in [4.69, 9.17) is 5.73 Å². The lowest BCUT2D eigenvalue weighted by molar-refractivity contribution is 0.628. The molecule has 1 aromatic rings. The highest BCUT2D eigenvalue weighted by Gasteiger charge is 1.90. The second-order valence-corrected chi connectivity index (χ2v) is 2.54. The van der Waals surface area contributed by atoms with Crippen molar-refractivity contribution in [1.29, 1.82) is 0 Å². The third-order valence-corrected chi connectivity index (χ3v) is 1.29. The number of hydrogen-bond acceptors (Lipinski definition) is 2. The summed E-state index contributed by atoms with van der Waals surface area (Å²) in [4.78, 5) is 0. The fraction of sp³-hybridized carbons (Fsp3) is 0.111. The Hall–Kier alpha value is -1.51. The van der Waals surface area contributed by atoms with Crippen molar-refractivity contribution in [3.05, 3.63) is 42.0 Å². The number of halogens is 1. The van der Waals surface area contributed by atoms with Crippen LogP contribution in [-0.4, -0.2) is 0 Å². The van der Waals surface area contributed by atoms with Gasteiger partial charge in [-0.05, 0) is 25.1 Å².